The quantitative estimate of drug-likeness (QED) is 0.738. The highest BCUT2D eigenvalue weighted by Crippen LogP contribution is 2.19. The van der Waals surface area contributed by atoms with Gasteiger partial charge in [0.2, 0.25) is 5.91 Å². The number of carbonyl (C=O) groups is 2. The van der Waals surface area contributed by atoms with Crippen LogP contribution >= 0.6 is 0 Å². The Hall–Kier alpha value is -3.22. The van der Waals surface area contributed by atoms with Crippen LogP contribution in [0.3, 0.4) is 0 Å². The molecule has 0 bridgehead atoms. The maximum atomic E-state index is 12.5. The average molecular weight is 349 g/mol. The van der Waals surface area contributed by atoms with Gasteiger partial charge in [-0.2, -0.15) is 5.10 Å². The number of aryl methyl sites for hydroxylation is 1. The van der Waals surface area contributed by atoms with Crippen molar-refractivity contribution >= 4 is 23.1 Å². The molecular formula is C19H19N5O2. The van der Waals surface area contributed by atoms with E-state index in [9.17, 15) is 9.59 Å². The van der Waals surface area contributed by atoms with Crippen molar-refractivity contribution in [2.24, 2.45) is 0 Å². The van der Waals surface area contributed by atoms with Crippen LogP contribution in [0, 0.1) is 6.92 Å². The van der Waals surface area contributed by atoms with Crippen LogP contribution in [0.4, 0.5) is 5.69 Å². The summed E-state index contributed by atoms with van der Waals surface area (Å²) in [5.41, 5.74) is 3.48. The molecule has 0 saturated heterocycles. The summed E-state index contributed by atoms with van der Waals surface area (Å²) in [5, 5.41) is 9.99. The second-order valence-electron chi connectivity index (χ2n) is 6.53. The summed E-state index contributed by atoms with van der Waals surface area (Å²) in [5.74, 6) is -0.204. The van der Waals surface area contributed by atoms with Gasteiger partial charge in [-0.05, 0) is 37.5 Å². The summed E-state index contributed by atoms with van der Waals surface area (Å²) < 4.78 is 1.64. The molecular weight excluding hydrogens is 330 g/mol. The molecule has 4 rings (SSSR count). The van der Waals surface area contributed by atoms with E-state index < -0.39 is 0 Å². The number of amides is 2. The number of anilines is 1. The first-order chi connectivity index (χ1) is 12.6. The van der Waals surface area contributed by atoms with Crippen LogP contribution in [0.1, 0.15) is 34.5 Å². The minimum Gasteiger partial charge on any atom is -0.353 e. The molecule has 1 saturated carbocycles. The fraction of sp³-hybridized carbons (Fsp3) is 0.263. The number of hydrogen-bond acceptors (Lipinski definition) is 4. The Labute approximate surface area is 150 Å². The van der Waals surface area contributed by atoms with Crippen LogP contribution in [-0.2, 0) is 11.2 Å². The highest BCUT2D eigenvalue weighted by molar-refractivity contribution is 6.04. The van der Waals surface area contributed by atoms with Gasteiger partial charge in [-0.15, -0.1) is 0 Å². The van der Waals surface area contributed by atoms with Crippen molar-refractivity contribution in [2.45, 2.75) is 32.2 Å². The fourth-order valence-corrected chi connectivity index (χ4v) is 2.81. The molecule has 0 spiro atoms. The Kier molecular flexibility index (Phi) is 4.12. The van der Waals surface area contributed by atoms with Gasteiger partial charge in [-0.25, -0.2) is 9.50 Å². The Morgan fingerprint density at radius 1 is 1.19 bits per heavy atom. The van der Waals surface area contributed by atoms with E-state index in [1.807, 2.05) is 19.1 Å². The second kappa shape index (κ2) is 6.59. The van der Waals surface area contributed by atoms with Crippen molar-refractivity contribution in [1.82, 2.24) is 19.9 Å². The number of hydrogen-bond donors (Lipinski definition) is 2. The van der Waals surface area contributed by atoms with Crippen molar-refractivity contribution in [2.75, 3.05) is 5.32 Å². The maximum absolute atomic E-state index is 12.5. The van der Waals surface area contributed by atoms with Gasteiger partial charge in [0.05, 0.1) is 23.9 Å². The smallest absolute Gasteiger partial charge is 0.259 e. The largest absolute Gasteiger partial charge is 0.353 e. The van der Waals surface area contributed by atoms with Crippen molar-refractivity contribution in [1.29, 1.82) is 0 Å². The van der Waals surface area contributed by atoms with Gasteiger partial charge < -0.3 is 10.6 Å². The molecule has 1 fully saturated rings. The minimum absolute atomic E-state index is 0.0403. The first kappa shape index (κ1) is 16.3. The van der Waals surface area contributed by atoms with E-state index in [1.54, 1.807) is 35.1 Å². The number of fused-ring (bicyclic) bond motifs is 1. The zero-order valence-electron chi connectivity index (χ0n) is 14.4. The lowest BCUT2D eigenvalue weighted by molar-refractivity contribution is -0.120. The Bertz CT molecular complexity index is 973. The number of aromatic nitrogens is 3. The standard InChI is InChI=1S/C19H19N5O2/c1-12-16(11-20-17-8-9-21-24(12)17)19(26)23-15-4-2-13(3-5-15)10-18(25)22-14-6-7-14/h2-5,8-9,11,14H,6-7,10H2,1H3,(H,22,25)(H,23,26). The lowest BCUT2D eigenvalue weighted by atomic mass is 10.1. The molecule has 7 heteroatoms. The first-order valence-electron chi connectivity index (χ1n) is 8.59. The third kappa shape index (κ3) is 3.42. The SMILES string of the molecule is Cc1c(C(=O)Nc2ccc(CC(=O)NC3CC3)cc2)cnc2ccnn12. The van der Waals surface area contributed by atoms with E-state index in [2.05, 4.69) is 20.7 Å². The molecule has 2 N–H and O–H groups in total. The molecule has 2 amide bonds. The second-order valence-corrected chi connectivity index (χ2v) is 6.53. The zero-order chi connectivity index (χ0) is 18.1. The van der Waals surface area contributed by atoms with E-state index in [4.69, 9.17) is 0 Å². The Balaban J connectivity index is 1.43. The number of nitrogens with one attached hydrogen (secondary N) is 2. The molecule has 1 aliphatic carbocycles. The molecule has 0 aliphatic heterocycles. The van der Waals surface area contributed by atoms with E-state index in [-0.39, 0.29) is 11.8 Å². The molecule has 0 radical (unpaired) electrons. The van der Waals surface area contributed by atoms with Gasteiger partial charge in [0.15, 0.2) is 5.65 Å². The molecule has 2 aromatic heterocycles. The lowest BCUT2D eigenvalue weighted by Gasteiger charge is -2.09. The predicted octanol–water partition coefficient (Wildman–Crippen LogP) is 2.11. The molecule has 7 nitrogen and oxygen atoms in total. The maximum Gasteiger partial charge on any atom is 0.259 e. The lowest BCUT2D eigenvalue weighted by Crippen LogP contribution is -2.26. The van der Waals surface area contributed by atoms with Gasteiger partial charge in [-0.1, -0.05) is 12.1 Å². The van der Waals surface area contributed by atoms with Gasteiger partial charge in [0.1, 0.15) is 0 Å². The van der Waals surface area contributed by atoms with Crippen molar-refractivity contribution < 1.29 is 9.59 Å². The molecule has 1 aromatic carbocycles. The Morgan fingerprint density at radius 2 is 1.96 bits per heavy atom. The van der Waals surface area contributed by atoms with Gasteiger partial charge in [0.25, 0.3) is 5.91 Å². The zero-order valence-corrected chi connectivity index (χ0v) is 14.4. The molecule has 2 heterocycles. The van der Waals surface area contributed by atoms with Crippen molar-refractivity contribution in [3.63, 3.8) is 0 Å². The fourth-order valence-electron chi connectivity index (χ4n) is 2.81. The molecule has 132 valence electrons. The average Bonchev–Trinajstić information content (AvgIpc) is 3.29. The summed E-state index contributed by atoms with van der Waals surface area (Å²) in [6, 6.07) is 9.45. The normalized spacial score (nSPS) is 13.6. The third-order valence-corrected chi connectivity index (χ3v) is 4.42. The number of nitrogens with zero attached hydrogens (tertiary/aromatic N) is 3. The van der Waals surface area contributed by atoms with Crippen molar-refractivity contribution in [3.05, 3.63) is 59.5 Å². The van der Waals surface area contributed by atoms with E-state index in [0.717, 1.165) is 24.1 Å². The summed E-state index contributed by atoms with van der Waals surface area (Å²) in [6.45, 7) is 1.83. The van der Waals surface area contributed by atoms with E-state index >= 15 is 0 Å². The molecule has 0 atom stereocenters. The predicted molar refractivity (Wildman–Crippen MR) is 97.0 cm³/mol. The molecule has 26 heavy (non-hydrogen) atoms. The van der Waals surface area contributed by atoms with Gasteiger partial charge in [-0.3, -0.25) is 9.59 Å². The summed E-state index contributed by atoms with van der Waals surface area (Å²) in [7, 11) is 0. The summed E-state index contributed by atoms with van der Waals surface area (Å²) in [4.78, 5) is 28.6. The first-order valence-corrected chi connectivity index (χ1v) is 8.59. The van der Waals surface area contributed by atoms with E-state index in [0.29, 0.717) is 29.4 Å². The monoisotopic (exact) mass is 349 g/mol. The number of benzene rings is 1. The molecule has 0 unspecified atom stereocenters. The van der Waals surface area contributed by atoms with Crippen LogP contribution in [-0.4, -0.2) is 32.5 Å². The van der Waals surface area contributed by atoms with Crippen LogP contribution in [0.2, 0.25) is 0 Å². The van der Waals surface area contributed by atoms with Crippen molar-refractivity contribution in [3.8, 4) is 0 Å². The van der Waals surface area contributed by atoms with Crippen LogP contribution < -0.4 is 10.6 Å². The molecule has 3 aromatic rings. The Morgan fingerprint density at radius 3 is 2.69 bits per heavy atom. The summed E-state index contributed by atoms with van der Waals surface area (Å²) >= 11 is 0. The van der Waals surface area contributed by atoms with Gasteiger partial charge >= 0.3 is 0 Å². The highest BCUT2D eigenvalue weighted by atomic mass is 16.2. The number of rotatable bonds is 5. The van der Waals surface area contributed by atoms with Crippen LogP contribution in [0.15, 0.2) is 42.7 Å². The highest BCUT2D eigenvalue weighted by Gasteiger charge is 2.23. The van der Waals surface area contributed by atoms with Crippen LogP contribution in [0.5, 0.6) is 0 Å². The topological polar surface area (TPSA) is 88.4 Å². The molecule has 1 aliphatic rings. The third-order valence-electron chi connectivity index (χ3n) is 4.42. The minimum atomic E-state index is -0.244. The number of carbonyl (C=O) groups excluding carboxylic acids is 2. The van der Waals surface area contributed by atoms with Gasteiger partial charge in [0, 0.05) is 24.0 Å². The summed E-state index contributed by atoms with van der Waals surface area (Å²) in [6.07, 6.45) is 5.71. The van der Waals surface area contributed by atoms with E-state index in [1.165, 1.54) is 0 Å². The van der Waals surface area contributed by atoms with Crippen LogP contribution in [0.25, 0.3) is 5.65 Å².